The van der Waals surface area contributed by atoms with Crippen LogP contribution in [0.1, 0.15) is 65.8 Å². The van der Waals surface area contributed by atoms with E-state index in [4.69, 9.17) is 14.2 Å². The normalized spacial score (nSPS) is 10.3. The highest BCUT2D eigenvalue weighted by molar-refractivity contribution is 7.18. The minimum atomic E-state index is -0.445. The van der Waals surface area contributed by atoms with E-state index in [0.29, 0.717) is 65.6 Å². The quantitative estimate of drug-likeness (QED) is 0.500. The molecule has 1 aromatic carbocycles. The number of carbonyl (C=O) groups is 2. The molecule has 0 aliphatic heterocycles. The predicted octanol–water partition coefficient (Wildman–Crippen LogP) is 4.86. The Labute approximate surface area is 199 Å². The monoisotopic (exact) mass is 473 g/mol. The SMILES string of the molecule is CCOc1cc(C(=O)Nc2sc(C(=O)N(CC)CC)c(C)c2C#N)cc(OCC)c1OCC. The van der Waals surface area contributed by atoms with Gasteiger partial charge in [0.05, 0.1) is 30.3 Å². The third kappa shape index (κ3) is 5.76. The molecule has 8 nitrogen and oxygen atoms in total. The van der Waals surface area contributed by atoms with E-state index in [0.717, 1.165) is 11.3 Å². The van der Waals surface area contributed by atoms with Gasteiger partial charge in [0.2, 0.25) is 5.75 Å². The maximum absolute atomic E-state index is 13.1. The van der Waals surface area contributed by atoms with Crippen molar-refractivity contribution in [3.63, 3.8) is 0 Å². The molecule has 2 aromatic rings. The highest BCUT2D eigenvalue weighted by Gasteiger charge is 2.25. The molecular weight excluding hydrogens is 442 g/mol. The van der Waals surface area contributed by atoms with Gasteiger partial charge in [0.25, 0.3) is 11.8 Å². The molecule has 1 aromatic heterocycles. The fourth-order valence-corrected chi connectivity index (χ4v) is 4.41. The Bertz CT molecular complexity index is 1010. The standard InChI is InChI=1S/C24H31N3O5S/c1-7-27(8-2)24(29)21-15(6)17(14-25)23(33-21)26-22(28)16-12-18(30-9-3)20(32-11-5)19(13-16)31-10-4/h12-13H,7-11H2,1-6H3,(H,26,28). The fourth-order valence-electron chi connectivity index (χ4n) is 3.29. The van der Waals surface area contributed by atoms with Gasteiger partial charge in [0, 0.05) is 18.7 Å². The smallest absolute Gasteiger partial charge is 0.264 e. The second-order valence-electron chi connectivity index (χ2n) is 6.90. The van der Waals surface area contributed by atoms with Crippen molar-refractivity contribution in [2.24, 2.45) is 0 Å². The maximum Gasteiger partial charge on any atom is 0.264 e. The summed E-state index contributed by atoms with van der Waals surface area (Å²) in [5, 5.41) is 12.8. The number of nitriles is 1. The summed E-state index contributed by atoms with van der Waals surface area (Å²) in [6.07, 6.45) is 0. The van der Waals surface area contributed by atoms with Gasteiger partial charge in [-0.15, -0.1) is 11.3 Å². The highest BCUT2D eigenvalue weighted by Crippen LogP contribution is 2.40. The number of nitrogens with zero attached hydrogens (tertiary/aromatic N) is 2. The summed E-state index contributed by atoms with van der Waals surface area (Å²) >= 11 is 1.11. The summed E-state index contributed by atoms with van der Waals surface area (Å²) in [4.78, 5) is 28.1. The first kappa shape index (κ1) is 26.0. The van der Waals surface area contributed by atoms with Crippen LogP contribution in [0.2, 0.25) is 0 Å². The molecule has 1 N–H and O–H groups in total. The van der Waals surface area contributed by atoms with E-state index in [-0.39, 0.29) is 17.0 Å². The van der Waals surface area contributed by atoms with Crippen LogP contribution in [0.25, 0.3) is 0 Å². The molecule has 0 bridgehead atoms. The van der Waals surface area contributed by atoms with E-state index in [1.165, 1.54) is 0 Å². The third-order valence-corrected chi connectivity index (χ3v) is 6.10. The Morgan fingerprint density at radius 3 is 2.00 bits per heavy atom. The van der Waals surface area contributed by atoms with Crippen molar-refractivity contribution < 1.29 is 23.8 Å². The zero-order chi connectivity index (χ0) is 24.5. The second-order valence-corrected chi connectivity index (χ2v) is 7.92. The predicted molar refractivity (Wildman–Crippen MR) is 129 cm³/mol. The molecule has 0 saturated carbocycles. The summed E-state index contributed by atoms with van der Waals surface area (Å²) < 4.78 is 17.1. The Kier molecular flexibility index (Phi) is 9.55. The van der Waals surface area contributed by atoms with Gasteiger partial charge < -0.3 is 24.4 Å². The number of hydrogen-bond acceptors (Lipinski definition) is 7. The van der Waals surface area contributed by atoms with E-state index in [1.54, 1.807) is 24.0 Å². The van der Waals surface area contributed by atoms with Gasteiger partial charge in [-0.05, 0) is 59.2 Å². The first-order valence-electron chi connectivity index (χ1n) is 11.1. The largest absolute Gasteiger partial charge is 0.490 e. The lowest BCUT2D eigenvalue weighted by atomic mass is 10.1. The Morgan fingerprint density at radius 1 is 1.00 bits per heavy atom. The summed E-state index contributed by atoms with van der Waals surface area (Å²) in [5.41, 5.74) is 1.13. The lowest BCUT2D eigenvalue weighted by molar-refractivity contribution is 0.0777. The zero-order valence-corrected chi connectivity index (χ0v) is 20.9. The van der Waals surface area contributed by atoms with E-state index in [1.807, 2.05) is 34.6 Å². The van der Waals surface area contributed by atoms with Crippen molar-refractivity contribution in [3.8, 4) is 23.3 Å². The Balaban J connectivity index is 2.46. The molecule has 2 amide bonds. The number of carbonyl (C=O) groups excluding carboxylic acids is 2. The first-order chi connectivity index (χ1) is 15.9. The number of thiophene rings is 1. The minimum absolute atomic E-state index is 0.155. The molecule has 0 aliphatic rings. The van der Waals surface area contributed by atoms with Crippen molar-refractivity contribution in [2.45, 2.75) is 41.5 Å². The lowest BCUT2D eigenvalue weighted by Gasteiger charge is -2.17. The number of hydrogen-bond donors (Lipinski definition) is 1. The summed E-state index contributed by atoms with van der Waals surface area (Å²) in [6.45, 7) is 13.3. The third-order valence-electron chi connectivity index (χ3n) is 4.90. The molecule has 0 radical (unpaired) electrons. The van der Waals surface area contributed by atoms with Gasteiger partial charge in [-0.2, -0.15) is 5.26 Å². The van der Waals surface area contributed by atoms with Crippen LogP contribution in [-0.4, -0.2) is 49.6 Å². The van der Waals surface area contributed by atoms with Crippen LogP contribution < -0.4 is 19.5 Å². The molecule has 0 spiro atoms. The average Bonchev–Trinajstić information content (AvgIpc) is 3.11. The van der Waals surface area contributed by atoms with Gasteiger partial charge in [0.1, 0.15) is 11.1 Å². The Hall–Kier alpha value is -3.25. The van der Waals surface area contributed by atoms with E-state index in [9.17, 15) is 14.9 Å². The summed E-state index contributed by atoms with van der Waals surface area (Å²) in [6, 6.07) is 5.28. The van der Waals surface area contributed by atoms with Crippen LogP contribution in [0.4, 0.5) is 5.00 Å². The first-order valence-corrected chi connectivity index (χ1v) is 11.9. The number of rotatable bonds is 11. The fraction of sp³-hybridized carbons (Fsp3) is 0.458. The van der Waals surface area contributed by atoms with Crippen molar-refractivity contribution in [1.82, 2.24) is 4.90 Å². The van der Waals surface area contributed by atoms with E-state index >= 15 is 0 Å². The molecule has 1 heterocycles. The minimum Gasteiger partial charge on any atom is -0.490 e. The number of anilines is 1. The number of benzene rings is 1. The van der Waals surface area contributed by atoms with E-state index in [2.05, 4.69) is 11.4 Å². The molecule has 0 fully saturated rings. The van der Waals surface area contributed by atoms with Crippen molar-refractivity contribution in [1.29, 1.82) is 5.26 Å². The van der Waals surface area contributed by atoms with Crippen LogP contribution in [-0.2, 0) is 0 Å². The number of nitrogens with one attached hydrogen (secondary N) is 1. The second kappa shape index (κ2) is 12.1. The molecule has 33 heavy (non-hydrogen) atoms. The molecule has 0 aliphatic carbocycles. The summed E-state index contributed by atoms with van der Waals surface area (Å²) in [7, 11) is 0. The van der Waals surface area contributed by atoms with Gasteiger partial charge in [-0.3, -0.25) is 9.59 Å². The van der Waals surface area contributed by atoms with Gasteiger partial charge >= 0.3 is 0 Å². The van der Waals surface area contributed by atoms with Crippen LogP contribution >= 0.6 is 11.3 Å². The summed E-state index contributed by atoms with van der Waals surface area (Å²) in [5.74, 6) is 0.637. The van der Waals surface area contributed by atoms with Crippen LogP contribution in [0.5, 0.6) is 17.2 Å². The number of amides is 2. The van der Waals surface area contributed by atoms with E-state index < -0.39 is 5.91 Å². The van der Waals surface area contributed by atoms with Gasteiger partial charge in [-0.25, -0.2) is 0 Å². The molecule has 0 saturated heterocycles. The van der Waals surface area contributed by atoms with Crippen LogP contribution in [0, 0.1) is 18.3 Å². The lowest BCUT2D eigenvalue weighted by Crippen LogP contribution is -2.30. The van der Waals surface area contributed by atoms with Crippen molar-refractivity contribution in [2.75, 3.05) is 38.2 Å². The topological polar surface area (TPSA) is 101 Å². The van der Waals surface area contributed by atoms with Crippen molar-refractivity contribution in [3.05, 3.63) is 33.7 Å². The molecule has 2 rings (SSSR count). The molecular formula is C24H31N3O5S. The molecule has 0 atom stereocenters. The van der Waals surface area contributed by atoms with Crippen LogP contribution in [0.3, 0.4) is 0 Å². The molecule has 0 unspecified atom stereocenters. The molecule has 178 valence electrons. The molecule has 9 heteroatoms. The highest BCUT2D eigenvalue weighted by atomic mass is 32.1. The number of ether oxygens (including phenoxy) is 3. The van der Waals surface area contributed by atoms with Gasteiger partial charge in [0.15, 0.2) is 11.5 Å². The Morgan fingerprint density at radius 2 is 1.55 bits per heavy atom. The van der Waals surface area contributed by atoms with Crippen LogP contribution in [0.15, 0.2) is 12.1 Å². The van der Waals surface area contributed by atoms with Crippen molar-refractivity contribution >= 4 is 28.2 Å². The average molecular weight is 474 g/mol. The maximum atomic E-state index is 13.1. The van der Waals surface area contributed by atoms with Gasteiger partial charge in [-0.1, -0.05) is 0 Å². The zero-order valence-electron chi connectivity index (χ0n) is 20.0.